The monoisotopic (exact) mass is 964 g/mol. The first-order valence-corrected chi connectivity index (χ1v) is 24.7. The van der Waals surface area contributed by atoms with Crippen LogP contribution in [0.1, 0.15) is 129 Å². The molecule has 17 unspecified atom stereocenters. The SMILES string of the molecule is CCC/C=C/C(O)C(COC1OC(CO)C(OC2OC(CO)C(OC3OC(CO)C(O)C(O)C3O)C(O)C2O)C(O)C1O)NC(=O)CCCCCCCCCCC/C=C\C/C=C\CCCCC. The van der Waals surface area contributed by atoms with Crippen LogP contribution in [0.15, 0.2) is 36.5 Å². The van der Waals surface area contributed by atoms with Crippen LogP contribution in [0, 0.1) is 0 Å². The van der Waals surface area contributed by atoms with E-state index in [1.165, 1.54) is 51.4 Å². The van der Waals surface area contributed by atoms with Crippen molar-refractivity contribution in [3.8, 4) is 0 Å². The van der Waals surface area contributed by atoms with Crippen LogP contribution in [-0.2, 0) is 33.2 Å². The van der Waals surface area contributed by atoms with Crippen LogP contribution in [0.4, 0.5) is 0 Å². The number of carbonyl (C=O) groups excluding carboxylic acids is 1. The first-order valence-electron chi connectivity index (χ1n) is 24.7. The summed E-state index contributed by atoms with van der Waals surface area (Å²) in [5, 5.41) is 119. The maximum Gasteiger partial charge on any atom is 0.220 e. The summed E-state index contributed by atoms with van der Waals surface area (Å²) >= 11 is 0. The van der Waals surface area contributed by atoms with Gasteiger partial charge >= 0.3 is 0 Å². The summed E-state index contributed by atoms with van der Waals surface area (Å²) in [6, 6.07) is -0.969. The molecule has 12 N–H and O–H groups in total. The largest absolute Gasteiger partial charge is 0.394 e. The van der Waals surface area contributed by atoms with Gasteiger partial charge < -0.3 is 89.9 Å². The normalized spacial score (nSPS) is 33.8. The molecule has 0 aromatic heterocycles. The third-order valence-electron chi connectivity index (χ3n) is 12.4. The van der Waals surface area contributed by atoms with Gasteiger partial charge in [-0.15, -0.1) is 0 Å². The fourth-order valence-corrected chi connectivity index (χ4v) is 8.22. The van der Waals surface area contributed by atoms with Gasteiger partial charge in [0.1, 0.15) is 73.2 Å². The van der Waals surface area contributed by atoms with Crippen LogP contribution in [0.5, 0.6) is 0 Å². The van der Waals surface area contributed by atoms with Crippen LogP contribution in [0.2, 0.25) is 0 Å². The molecule has 390 valence electrons. The lowest BCUT2D eigenvalue weighted by Crippen LogP contribution is -2.66. The molecule has 0 radical (unpaired) electrons. The molecule has 0 saturated carbocycles. The molecular formula is C48H85NO18. The number of rotatable bonds is 33. The smallest absolute Gasteiger partial charge is 0.220 e. The fourth-order valence-electron chi connectivity index (χ4n) is 8.22. The van der Waals surface area contributed by atoms with E-state index < -0.39 is 124 Å². The zero-order valence-electron chi connectivity index (χ0n) is 39.6. The van der Waals surface area contributed by atoms with Gasteiger partial charge in [0.15, 0.2) is 18.9 Å². The maximum atomic E-state index is 13.0. The zero-order chi connectivity index (χ0) is 49.1. The number of ether oxygens (including phenoxy) is 6. The summed E-state index contributed by atoms with van der Waals surface area (Å²) in [7, 11) is 0. The summed E-state index contributed by atoms with van der Waals surface area (Å²) in [6.45, 7) is 1.41. The number of allylic oxidation sites excluding steroid dienone is 5. The highest BCUT2D eigenvalue weighted by Crippen LogP contribution is 2.33. The van der Waals surface area contributed by atoms with Crippen molar-refractivity contribution in [3.63, 3.8) is 0 Å². The number of aliphatic hydroxyl groups is 11. The Balaban J connectivity index is 1.44. The van der Waals surface area contributed by atoms with E-state index in [1.807, 2.05) is 6.92 Å². The van der Waals surface area contributed by atoms with E-state index in [-0.39, 0.29) is 18.9 Å². The van der Waals surface area contributed by atoms with Gasteiger partial charge in [0.05, 0.1) is 38.6 Å². The van der Waals surface area contributed by atoms with E-state index in [0.717, 1.165) is 44.9 Å². The summed E-state index contributed by atoms with van der Waals surface area (Å²) in [6.07, 6.45) is 4.16. The number of hydrogen-bond acceptors (Lipinski definition) is 18. The Labute approximate surface area is 396 Å². The average molecular weight is 964 g/mol. The van der Waals surface area contributed by atoms with Crippen molar-refractivity contribution in [2.45, 2.75) is 234 Å². The Bertz CT molecular complexity index is 1390. The highest BCUT2D eigenvalue weighted by atomic mass is 16.8. The molecule has 3 fully saturated rings. The predicted octanol–water partition coefficient (Wildman–Crippen LogP) is 1.03. The van der Waals surface area contributed by atoms with Gasteiger partial charge in [-0.05, 0) is 44.9 Å². The average Bonchev–Trinajstić information content (AvgIpc) is 3.32. The van der Waals surface area contributed by atoms with E-state index in [4.69, 9.17) is 28.4 Å². The van der Waals surface area contributed by atoms with E-state index >= 15 is 0 Å². The van der Waals surface area contributed by atoms with Crippen molar-refractivity contribution < 1.29 is 89.4 Å². The van der Waals surface area contributed by atoms with Gasteiger partial charge in [-0.2, -0.15) is 0 Å². The zero-order valence-corrected chi connectivity index (χ0v) is 39.6. The third-order valence-corrected chi connectivity index (χ3v) is 12.4. The molecule has 0 spiro atoms. The molecule has 3 aliphatic rings. The fraction of sp³-hybridized carbons (Fsp3) is 0.854. The molecule has 1 amide bonds. The van der Waals surface area contributed by atoms with E-state index in [9.17, 15) is 61.0 Å². The Morgan fingerprint density at radius 1 is 0.537 bits per heavy atom. The topological polar surface area (TPSA) is 307 Å². The Kier molecular flexibility index (Phi) is 29.7. The molecule has 0 bridgehead atoms. The van der Waals surface area contributed by atoms with Crippen LogP contribution in [-0.4, -0.2) is 193 Å². The van der Waals surface area contributed by atoms with Crippen LogP contribution in [0.3, 0.4) is 0 Å². The Hall–Kier alpha value is -1.99. The molecular weight excluding hydrogens is 879 g/mol. The molecule has 0 aliphatic carbocycles. The lowest BCUT2D eigenvalue weighted by atomic mass is 9.96. The summed E-state index contributed by atoms with van der Waals surface area (Å²) in [5.41, 5.74) is 0. The van der Waals surface area contributed by atoms with Crippen molar-refractivity contribution in [1.82, 2.24) is 5.32 Å². The van der Waals surface area contributed by atoms with Crippen LogP contribution in [0.25, 0.3) is 0 Å². The Morgan fingerprint density at radius 2 is 1.01 bits per heavy atom. The van der Waals surface area contributed by atoms with Crippen molar-refractivity contribution >= 4 is 5.91 Å². The minimum absolute atomic E-state index is 0.235. The molecule has 17 atom stereocenters. The van der Waals surface area contributed by atoms with Crippen molar-refractivity contribution in [2.24, 2.45) is 0 Å². The molecule has 3 heterocycles. The number of nitrogens with one attached hydrogen (secondary N) is 1. The van der Waals surface area contributed by atoms with Gasteiger partial charge in [0, 0.05) is 6.42 Å². The van der Waals surface area contributed by atoms with Gasteiger partial charge in [-0.25, -0.2) is 0 Å². The minimum atomic E-state index is -1.97. The Morgan fingerprint density at radius 3 is 1.55 bits per heavy atom. The number of aliphatic hydroxyl groups excluding tert-OH is 11. The number of amides is 1. The maximum absolute atomic E-state index is 13.0. The summed E-state index contributed by atoms with van der Waals surface area (Å²) in [5.74, 6) is -0.296. The van der Waals surface area contributed by atoms with Crippen molar-refractivity contribution in [3.05, 3.63) is 36.5 Å². The second-order valence-corrected chi connectivity index (χ2v) is 17.9. The number of unbranched alkanes of at least 4 members (excludes halogenated alkanes) is 13. The standard InChI is InChI=1S/C48H85NO18/c1-3-5-7-8-9-10-11-12-13-14-15-16-17-18-19-20-21-22-24-26-36(54)49-31(32(53)25-23-6-4-2)30-62-46-42(60)39(57)44(34(28-51)64-46)67-48-43(61)40(58)45(35(29-52)65-48)66-47-41(59)38(56)37(55)33(27-50)63-47/h9-10,12-13,23,25,31-35,37-48,50-53,55-61H,3-8,11,14-22,24,26-30H2,1-2H3,(H,49,54)/b10-9-,13-12-,25-23+. The van der Waals surface area contributed by atoms with Crippen molar-refractivity contribution in [1.29, 1.82) is 0 Å². The van der Waals surface area contributed by atoms with Gasteiger partial charge in [-0.3, -0.25) is 4.79 Å². The second kappa shape index (κ2) is 33.6. The van der Waals surface area contributed by atoms with E-state index in [2.05, 4.69) is 36.5 Å². The summed E-state index contributed by atoms with van der Waals surface area (Å²) in [4.78, 5) is 13.0. The van der Waals surface area contributed by atoms with Gasteiger partial charge in [0.2, 0.25) is 5.91 Å². The number of carbonyl (C=O) groups is 1. The molecule has 19 heteroatoms. The molecule has 3 saturated heterocycles. The molecule has 0 aromatic rings. The van der Waals surface area contributed by atoms with Crippen LogP contribution < -0.4 is 5.32 Å². The molecule has 0 aromatic carbocycles. The molecule has 3 aliphatic heterocycles. The lowest BCUT2D eigenvalue weighted by molar-refractivity contribution is -0.379. The van der Waals surface area contributed by atoms with Gasteiger partial charge in [-0.1, -0.05) is 115 Å². The quantitative estimate of drug-likeness (QED) is 0.0323. The molecule has 67 heavy (non-hydrogen) atoms. The highest BCUT2D eigenvalue weighted by Gasteiger charge is 2.53. The van der Waals surface area contributed by atoms with Gasteiger partial charge in [0.25, 0.3) is 0 Å². The minimum Gasteiger partial charge on any atom is -0.394 e. The lowest BCUT2D eigenvalue weighted by Gasteiger charge is -2.48. The third kappa shape index (κ3) is 20.0. The first kappa shape index (κ1) is 59.3. The van der Waals surface area contributed by atoms with Crippen molar-refractivity contribution in [2.75, 3.05) is 26.4 Å². The second-order valence-electron chi connectivity index (χ2n) is 17.9. The highest BCUT2D eigenvalue weighted by molar-refractivity contribution is 5.76. The van der Waals surface area contributed by atoms with E-state index in [1.54, 1.807) is 12.2 Å². The van der Waals surface area contributed by atoms with E-state index in [0.29, 0.717) is 12.8 Å². The first-order chi connectivity index (χ1) is 32.3. The predicted molar refractivity (Wildman–Crippen MR) is 245 cm³/mol. The van der Waals surface area contributed by atoms with Crippen LogP contribution >= 0.6 is 0 Å². The number of hydrogen-bond donors (Lipinski definition) is 12. The summed E-state index contributed by atoms with van der Waals surface area (Å²) < 4.78 is 33.8. The molecule has 19 nitrogen and oxygen atoms in total. The molecule has 3 rings (SSSR count).